The van der Waals surface area contributed by atoms with E-state index in [1.54, 1.807) is 5.56 Å². The van der Waals surface area contributed by atoms with Gasteiger partial charge >= 0.3 is 0 Å². The summed E-state index contributed by atoms with van der Waals surface area (Å²) in [5.41, 5.74) is 3.35. The van der Waals surface area contributed by atoms with Crippen molar-refractivity contribution in [2.24, 2.45) is 5.92 Å². The van der Waals surface area contributed by atoms with E-state index in [1.165, 1.54) is 37.9 Å². The molecule has 2 heterocycles. The Morgan fingerprint density at radius 2 is 1.96 bits per heavy atom. The first kappa shape index (κ1) is 17.1. The third-order valence-corrected chi connectivity index (χ3v) is 6.82. The lowest BCUT2D eigenvalue weighted by molar-refractivity contribution is -0.140. The fourth-order valence-electron chi connectivity index (χ4n) is 5.02. The molecule has 3 aliphatic rings. The van der Waals surface area contributed by atoms with Gasteiger partial charge in [-0.25, -0.2) is 0 Å². The van der Waals surface area contributed by atoms with Crippen LogP contribution in [0.5, 0.6) is 0 Å². The first-order chi connectivity index (χ1) is 12.2. The molecule has 1 amide bonds. The largest absolute Gasteiger partial charge is 0.342 e. The Kier molecular flexibility index (Phi) is 4.86. The molecular weight excluding hydrogens is 308 g/mol. The van der Waals surface area contributed by atoms with E-state index in [2.05, 4.69) is 41.0 Å². The number of fused-ring (bicyclic) bond motifs is 2. The summed E-state index contributed by atoms with van der Waals surface area (Å²) in [6.45, 7) is 7.66. The molecule has 1 aliphatic carbocycles. The molecule has 3 heteroatoms. The number of piperidine rings is 1. The van der Waals surface area contributed by atoms with Gasteiger partial charge in [0.2, 0.25) is 5.91 Å². The van der Waals surface area contributed by atoms with Crippen molar-refractivity contribution >= 4 is 5.91 Å². The van der Waals surface area contributed by atoms with Crippen molar-refractivity contribution in [3.8, 4) is 0 Å². The number of nitrogens with zero attached hydrogens (tertiary/aromatic N) is 2. The van der Waals surface area contributed by atoms with Crippen LogP contribution in [0.4, 0.5) is 0 Å². The summed E-state index contributed by atoms with van der Waals surface area (Å²) in [6, 6.07) is 9.07. The van der Waals surface area contributed by atoms with Gasteiger partial charge < -0.3 is 4.90 Å². The molecule has 2 aliphatic heterocycles. The Morgan fingerprint density at radius 3 is 2.64 bits per heavy atom. The second-order valence-electron chi connectivity index (χ2n) is 8.45. The monoisotopic (exact) mass is 340 g/mol. The summed E-state index contributed by atoms with van der Waals surface area (Å²) in [6.07, 6.45) is 8.28. The van der Waals surface area contributed by atoms with Crippen molar-refractivity contribution in [3.05, 3.63) is 35.4 Å². The highest BCUT2D eigenvalue weighted by Crippen LogP contribution is 2.42. The minimum absolute atomic E-state index is 0.263. The third kappa shape index (κ3) is 3.23. The van der Waals surface area contributed by atoms with E-state index >= 15 is 0 Å². The summed E-state index contributed by atoms with van der Waals surface area (Å²) in [4.78, 5) is 17.4. The molecule has 136 valence electrons. The molecule has 0 unspecified atom stereocenters. The summed E-state index contributed by atoms with van der Waals surface area (Å²) in [5.74, 6) is 0.779. The average molecular weight is 341 g/mol. The number of likely N-dealkylation sites (tertiary alicyclic amines) is 1. The summed E-state index contributed by atoms with van der Waals surface area (Å²) in [7, 11) is 0. The molecule has 0 N–H and O–H groups in total. The van der Waals surface area contributed by atoms with Crippen LogP contribution in [0, 0.1) is 5.92 Å². The number of hydrogen-bond donors (Lipinski definition) is 0. The number of carbonyl (C=O) groups excluding carboxylic acids is 1. The zero-order chi connectivity index (χ0) is 17.3. The second-order valence-corrected chi connectivity index (χ2v) is 8.45. The Hall–Kier alpha value is -1.35. The van der Waals surface area contributed by atoms with Gasteiger partial charge in [0.1, 0.15) is 0 Å². The highest BCUT2D eigenvalue weighted by molar-refractivity contribution is 5.79. The smallest absolute Gasteiger partial charge is 0.225 e. The zero-order valence-electron chi connectivity index (χ0n) is 15.7. The lowest BCUT2D eigenvalue weighted by Crippen LogP contribution is -2.54. The van der Waals surface area contributed by atoms with Gasteiger partial charge in [0.15, 0.2) is 0 Å². The fraction of sp³-hybridized carbons (Fsp3) is 0.682. The topological polar surface area (TPSA) is 23.6 Å². The maximum atomic E-state index is 12.6. The minimum Gasteiger partial charge on any atom is -0.342 e. The lowest BCUT2D eigenvalue weighted by Gasteiger charge is -2.49. The Balaban J connectivity index is 1.50. The fourth-order valence-corrected chi connectivity index (χ4v) is 5.02. The van der Waals surface area contributed by atoms with Crippen molar-refractivity contribution in [1.29, 1.82) is 0 Å². The molecule has 1 aromatic carbocycles. The van der Waals surface area contributed by atoms with Gasteiger partial charge in [-0.3, -0.25) is 9.69 Å². The maximum Gasteiger partial charge on any atom is 0.225 e. The van der Waals surface area contributed by atoms with Crippen molar-refractivity contribution in [1.82, 2.24) is 9.80 Å². The van der Waals surface area contributed by atoms with E-state index in [4.69, 9.17) is 0 Å². The normalized spacial score (nSPS) is 23.3. The molecule has 1 saturated carbocycles. The van der Waals surface area contributed by atoms with Gasteiger partial charge in [-0.1, -0.05) is 44.0 Å². The molecule has 4 rings (SSSR count). The van der Waals surface area contributed by atoms with Gasteiger partial charge in [0.05, 0.1) is 0 Å². The van der Waals surface area contributed by atoms with Crippen molar-refractivity contribution in [3.63, 3.8) is 0 Å². The van der Waals surface area contributed by atoms with Crippen LogP contribution < -0.4 is 0 Å². The van der Waals surface area contributed by atoms with Crippen LogP contribution in [-0.2, 0) is 16.8 Å². The molecule has 0 aromatic heterocycles. The molecule has 1 aromatic rings. The molecule has 0 bridgehead atoms. The predicted octanol–water partition coefficient (Wildman–Crippen LogP) is 3.96. The number of rotatable bonds is 4. The Labute approximate surface area is 152 Å². The van der Waals surface area contributed by atoms with Crippen LogP contribution in [0.3, 0.4) is 0 Å². The van der Waals surface area contributed by atoms with Gasteiger partial charge in [0.25, 0.3) is 0 Å². The van der Waals surface area contributed by atoms with E-state index in [1.807, 2.05) is 0 Å². The van der Waals surface area contributed by atoms with Gasteiger partial charge in [-0.05, 0) is 49.8 Å². The second kappa shape index (κ2) is 7.11. The van der Waals surface area contributed by atoms with Crippen LogP contribution >= 0.6 is 0 Å². The zero-order valence-corrected chi connectivity index (χ0v) is 15.7. The van der Waals surface area contributed by atoms with E-state index in [9.17, 15) is 4.79 Å². The van der Waals surface area contributed by atoms with E-state index in [0.29, 0.717) is 11.8 Å². The van der Waals surface area contributed by atoms with Crippen molar-refractivity contribution in [2.75, 3.05) is 26.2 Å². The first-order valence-corrected chi connectivity index (χ1v) is 10.3. The molecule has 1 saturated heterocycles. The number of hydrogen-bond acceptors (Lipinski definition) is 2. The van der Waals surface area contributed by atoms with E-state index < -0.39 is 0 Å². The van der Waals surface area contributed by atoms with Crippen LogP contribution in [0.1, 0.15) is 63.0 Å². The standard InChI is InChI=1S/C22H32N2O/c1-2-3-13-23-16-19-7-4-5-10-20(19)22(17-23)11-14-24(15-12-22)21(25)18-8-6-9-18/h4-5,7,10,18H,2-3,6,8-9,11-17H2,1H3. The van der Waals surface area contributed by atoms with Gasteiger partial charge in [0, 0.05) is 37.5 Å². The molecule has 25 heavy (non-hydrogen) atoms. The molecule has 0 atom stereocenters. The van der Waals surface area contributed by atoms with E-state index in [0.717, 1.165) is 45.3 Å². The summed E-state index contributed by atoms with van der Waals surface area (Å²) in [5, 5.41) is 0. The van der Waals surface area contributed by atoms with E-state index in [-0.39, 0.29) is 5.41 Å². The van der Waals surface area contributed by atoms with Crippen LogP contribution in [-0.4, -0.2) is 41.9 Å². The van der Waals surface area contributed by atoms with Crippen LogP contribution in [0.2, 0.25) is 0 Å². The predicted molar refractivity (Wildman–Crippen MR) is 101 cm³/mol. The Bertz CT molecular complexity index is 614. The minimum atomic E-state index is 0.263. The molecule has 3 nitrogen and oxygen atoms in total. The van der Waals surface area contributed by atoms with Crippen LogP contribution in [0.25, 0.3) is 0 Å². The third-order valence-electron chi connectivity index (χ3n) is 6.82. The van der Waals surface area contributed by atoms with Gasteiger partial charge in [-0.2, -0.15) is 0 Å². The van der Waals surface area contributed by atoms with Crippen molar-refractivity contribution in [2.45, 2.75) is 63.8 Å². The number of unbranched alkanes of at least 4 members (excludes halogenated alkanes) is 1. The maximum absolute atomic E-state index is 12.6. The average Bonchev–Trinajstić information content (AvgIpc) is 2.59. The number of carbonyl (C=O) groups is 1. The first-order valence-electron chi connectivity index (χ1n) is 10.3. The van der Waals surface area contributed by atoms with Gasteiger partial charge in [-0.15, -0.1) is 0 Å². The highest BCUT2D eigenvalue weighted by Gasteiger charge is 2.43. The number of benzene rings is 1. The molecule has 0 radical (unpaired) electrons. The Morgan fingerprint density at radius 1 is 1.20 bits per heavy atom. The van der Waals surface area contributed by atoms with Crippen molar-refractivity contribution < 1.29 is 4.79 Å². The van der Waals surface area contributed by atoms with Crippen LogP contribution in [0.15, 0.2) is 24.3 Å². The highest BCUT2D eigenvalue weighted by atomic mass is 16.2. The number of amides is 1. The lowest BCUT2D eigenvalue weighted by atomic mass is 9.68. The molecule has 2 fully saturated rings. The quantitative estimate of drug-likeness (QED) is 0.828. The summed E-state index contributed by atoms with van der Waals surface area (Å²) < 4.78 is 0. The summed E-state index contributed by atoms with van der Waals surface area (Å²) >= 11 is 0. The SMILES string of the molecule is CCCCN1Cc2ccccc2C2(CCN(C(=O)C3CCC3)CC2)C1. The molecule has 1 spiro atoms. The molecular formula is C22H32N2O.